The van der Waals surface area contributed by atoms with E-state index < -0.39 is 0 Å². The summed E-state index contributed by atoms with van der Waals surface area (Å²) in [5, 5.41) is 0. The van der Waals surface area contributed by atoms with Gasteiger partial charge >= 0.3 is 0 Å². The molecule has 0 aliphatic heterocycles. The quantitative estimate of drug-likeness (QED) is 0.686. The number of hydrogen-bond acceptors (Lipinski definition) is 3. The molecule has 0 fully saturated rings. The highest BCUT2D eigenvalue weighted by Crippen LogP contribution is 2.15. The van der Waals surface area contributed by atoms with Crippen LogP contribution in [0.15, 0.2) is 24.3 Å². The predicted octanol–water partition coefficient (Wildman–Crippen LogP) is 2.43. The summed E-state index contributed by atoms with van der Waals surface area (Å²) in [5.74, 6) is 0.506. The molecule has 0 saturated carbocycles. The lowest BCUT2D eigenvalue weighted by atomic mass is 10.0. The largest absolute Gasteiger partial charge is 0.382 e. The number of likely N-dealkylation sites (N-methyl/N-ethyl adjacent to an activating group) is 1. The normalized spacial score (nSPS) is 10.8. The van der Waals surface area contributed by atoms with E-state index in [9.17, 15) is 4.79 Å². The van der Waals surface area contributed by atoms with Crippen LogP contribution < -0.4 is 0 Å². The van der Waals surface area contributed by atoms with Crippen molar-refractivity contribution in [3.8, 4) is 0 Å². The highest BCUT2D eigenvalue weighted by molar-refractivity contribution is 5.77. The Morgan fingerprint density at radius 2 is 1.85 bits per heavy atom. The van der Waals surface area contributed by atoms with Crippen molar-refractivity contribution < 1.29 is 14.3 Å². The molecule has 1 aromatic carbocycles. The fraction of sp³-hybridized carbons (Fsp3) is 0.562. The van der Waals surface area contributed by atoms with Crippen LogP contribution in [-0.2, 0) is 20.8 Å². The zero-order valence-corrected chi connectivity index (χ0v) is 12.9. The highest BCUT2D eigenvalue weighted by Gasteiger charge is 2.09. The van der Waals surface area contributed by atoms with Crippen molar-refractivity contribution in [3.63, 3.8) is 0 Å². The summed E-state index contributed by atoms with van der Waals surface area (Å²) in [6, 6.07) is 8.39. The number of nitrogens with zero attached hydrogens (tertiary/aromatic N) is 1. The number of benzene rings is 1. The van der Waals surface area contributed by atoms with Crippen LogP contribution in [0.4, 0.5) is 0 Å². The zero-order valence-electron chi connectivity index (χ0n) is 12.9. The maximum Gasteiger partial charge on any atom is 0.248 e. The summed E-state index contributed by atoms with van der Waals surface area (Å²) < 4.78 is 10.1. The summed E-state index contributed by atoms with van der Waals surface area (Å²) in [6.07, 6.45) is 0. The summed E-state index contributed by atoms with van der Waals surface area (Å²) in [7, 11) is 3.40. The summed E-state index contributed by atoms with van der Waals surface area (Å²) in [5.41, 5.74) is 2.44. The Hall–Kier alpha value is -1.39. The van der Waals surface area contributed by atoms with Crippen molar-refractivity contribution in [1.29, 1.82) is 0 Å². The number of hydrogen-bond donors (Lipinski definition) is 0. The van der Waals surface area contributed by atoms with Crippen molar-refractivity contribution in [2.75, 3.05) is 34.0 Å². The van der Waals surface area contributed by atoms with Gasteiger partial charge in [0.25, 0.3) is 0 Å². The molecule has 1 aromatic rings. The molecule has 0 radical (unpaired) electrons. The molecule has 0 spiro atoms. The molecule has 4 heteroatoms. The lowest BCUT2D eigenvalue weighted by Crippen LogP contribution is -2.30. The van der Waals surface area contributed by atoms with Crippen molar-refractivity contribution in [2.24, 2.45) is 0 Å². The maximum atomic E-state index is 11.8. The first-order valence-corrected chi connectivity index (χ1v) is 6.94. The third kappa shape index (κ3) is 5.72. The van der Waals surface area contributed by atoms with Crippen LogP contribution in [0.2, 0.25) is 0 Å². The minimum absolute atomic E-state index is 0.0194. The molecule has 0 bridgehead atoms. The molecule has 4 nitrogen and oxygen atoms in total. The molecule has 0 heterocycles. The average Bonchev–Trinajstić information content (AvgIpc) is 2.44. The molecule has 0 aliphatic rings. The van der Waals surface area contributed by atoms with Gasteiger partial charge in [-0.25, -0.2) is 0 Å². The lowest BCUT2D eigenvalue weighted by Gasteiger charge is -2.17. The second-order valence-corrected chi connectivity index (χ2v) is 5.19. The Bertz CT molecular complexity index is 401. The fourth-order valence-corrected chi connectivity index (χ4v) is 1.78. The number of methoxy groups -OCH3 is 1. The molecular weight excluding hydrogens is 254 g/mol. The Morgan fingerprint density at radius 3 is 2.40 bits per heavy atom. The van der Waals surface area contributed by atoms with E-state index in [0.717, 1.165) is 5.56 Å². The van der Waals surface area contributed by atoms with Gasteiger partial charge in [-0.15, -0.1) is 0 Å². The summed E-state index contributed by atoms with van der Waals surface area (Å²) in [4.78, 5) is 13.5. The van der Waals surface area contributed by atoms with E-state index in [-0.39, 0.29) is 12.5 Å². The van der Waals surface area contributed by atoms with Crippen LogP contribution in [0.25, 0.3) is 0 Å². The minimum Gasteiger partial charge on any atom is -0.382 e. The van der Waals surface area contributed by atoms with Crippen LogP contribution in [0, 0.1) is 0 Å². The second-order valence-electron chi connectivity index (χ2n) is 5.19. The smallest absolute Gasteiger partial charge is 0.248 e. The number of amides is 1. The topological polar surface area (TPSA) is 38.8 Å². The van der Waals surface area contributed by atoms with Gasteiger partial charge in [-0.2, -0.15) is 0 Å². The molecule has 1 amide bonds. The predicted molar refractivity (Wildman–Crippen MR) is 79.7 cm³/mol. The molecule has 20 heavy (non-hydrogen) atoms. The third-order valence-corrected chi connectivity index (χ3v) is 3.15. The Balaban J connectivity index is 2.40. The van der Waals surface area contributed by atoms with E-state index in [0.29, 0.717) is 25.7 Å². The van der Waals surface area contributed by atoms with Crippen molar-refractivity contribution in [2.45, 2.75) is 26.3 Å². The standard InChI is InChI=1S/C16H25NO3/c1-13(2)15-7-5-14(6-8-15)11-17(3)16(18)12-20-10-9-19-4/h5-8,13H,9-12H2,1-4H3. The van der Waals surface area contributed by atoms with E-state index in [4.69, 9.17) is 9.47 Å². The molecule has 0 aromatic heterocycles. The van der Waals surface area contributed by atoms with Gasteiger partial charge in [-0.05, 0) is 17.0 Å². The lowest BCUT2D eigenvalue weighted by molar-refractivity contribution is -0.135. The Morgan fingerprint density at radius 1 is 1.20 bits per heavy atom. The second kappa shape index (κ2) is 8.72. The van der Waals surface area contributed by atoms with Gasteiger partial charge in [0.05, 0.1) is 13.2 Å². The van der Waals surface area contributed by atoms with Crippen LogP contribution >= 0.6 is 0 Å². The summed E-state index contributed by atoms with van der Waals surface area (Å²) >= 11 is 0. The third-order valence-electron chi connectivity index (χ3n) is 3.15. The van der Waals surface area contributed by atoms with Gasteiger partial charge in [0, 0.05) is 20.7 Å². The highest BCUT2D eigenvalue weighted by atomic mass is 16.5. The van der Waals surface area contributed by atoms with Gasteiger partial charge in [0.2, 0.25) is 5.91 Å². The molecule has 0 N–H and O–H groups in total. The molecular formula is C16H25NO3. The first kappa shape index (κ1) is 16.7. The van der Waals surface area contributed by atoms with Crippen LogP contribution in [-0.4, -0.2) is 44.8 Å². The van der Waals surface area contributed by atoms with Gasteiger partial charge in [-0.1, -0.05) is 38.1 Å². The molecule has 0 aliphatic carbocycles. The first-order valence-electron chi connectivity index (χ1n) is 6.94. The van der Waals surface area contributed by atoms with Crippen molar-refractivity contribution in [1.82, 2.24) is 4.90 Å². The van der Waals surface area contributed by atoms with E-state index in [1.165, 1.54) is 5.56 Å². The van der Waals surface area contributed by atoms with Crippen LogP contribution in [0.3, 0.4) is 0 Å². The number of ether oxygens (including phenoxy) is 2. The van der Waals surface area contributed by atoms with Crippen LogP contribution in [0.5, 0.6) is 0 Å². The monoisotopic (exact) mass is 279 g/mol. The molecule has 0 saturated heterocycles. The van der Waals surface area contributed by atoms with Crippen molar-refractivity contribution >= 4 is 5.91 Å². The van der Waals surface area contributed by atoms with Gasteiger partial charge < -0.3 is 14.4 Å². The number of rotatable bonds is 8. The van der Waals surface area contributed by atoms with Gasteiger partial charge in [0.1, 0.15) is 6.61 Å². The number of carbonyl (C=O) groups excluding carboxylic acids is 1. The van der Waals surface area contributed by atoms with Crippen molar-refractivity contribution in [3.05, 3.63) is 35.4 Å². The molecule has 1 rings (SSSR count). The SMILES string of the molecule is COCCOCC(=O)N(C)Cc1ccc(C(C)C)cc1. The molecule has 112 valence electrons. The Labute approximate surface area is 121 Å². The molecule has 0 atom stereocenters. The number of carbonyl (C=O) groups is 1. The van der Waals surface area contributed by atoms with E-state index >= 15 is 0 Å². The average molecular weight is 279 g/mol. The summed E-state index contributed by atoms with van der Waals surface area (Å²) in [6.45, 7) is 5.99. The van der Waals surface area contributed by atoms with Crippen LogP contribution in [0.1, 0.15) is 30.9 Å². The van der Waals surface area contributed by atoms with E-state index in [1.807, 2.05) is 0 Å². The van der Waals surface area contributed by atoms with Gasteiger partial charge in [-0.3, -0.25) is 4.79 Å². The minimum atomic E-state index is -0.0194. The van der Waals surface area contributed by atoms with E-state index in [2.05, 4.69) is 38.1 Å². The molecule has 0 unspecified atom stereocenters. The van der Waals surface area contributed by atoms with E-state index in [1.54, 1.807) is 19.1 Å². The first-order chi connectivity index (χ1) is 9.54. The fourth-order valence-electron chi connectivity index (χ4n) is 1.78. The van der Waals surface area contributed by atoms with Gasteiger partial charge in [0.15, 0.2) is 0 Å². The maximum absolute atomic E-state index is 11.8. The zero-order chi connectivity index (χ0) is 15.0. The Kier molecular flexibility index (Phi) is 7.26.